The monoisotopic (exact) mass is 371 g/mol. The minimum absolute atomic E-state index is 0.0961. The zero-order chi connectivity index (χ0) is 18.7. The van der Waals surface area contributed by atoms with Crippen molar-refractivity contribution in [3.8, 4) is 5.75 Å². The van der Waals surface area contributed by atoms with E-state index >= 15 is 0 Å². The van der Waals surface area contributed by atoms with Crippen LogP contribution in [0.4, 0.5) is 5.69 Å². The number of carbonyl (C=O) groups excluding carboxylic acids is 1. The third kappa shape index (κ3) is 3.68. The van der Waals surface area contributed by atoms with Crippen molar-refractivity contribution < 1.29 is 9.53 Å². The maximum Gasteiger partial charge on any atom is 0.258 e. The highest BCUT2D eigenvalue weighted by Crippen LogP contribution is 2.34. The molecule has 2 aromatic rings. The molecule has 0 fully saturated rings. The van der Waals surface area contributed by atoms with Gasteiger partial charge in [-0.3, -0.25) is 4.79 Å². The van der Waals surface area contributed by atoms with Gasteiger partial charge in [-0.1, -0.05) is 24.3 Å². The average molecular weight is 372 g/mol. The van der Waals surface area contributed by atoms with Crippen molar-refractivity contribution in [2.24, 2.45) is 5.10 Å². The number of hydrazone groups is 1. The van der Waals surface area contributed by atoms with E-state index in [0.29, 0.717) is 6.42 Å². The second-order valence-corrected chi connectivity index (χ2v) is 6.62. The van der Waals surface area contributed by atoms with Crippen LogP contribution < -0.4 is 9.64 Å². The van der Waals surface area contributed by atoms with E-state index in [-0.39, 0.29) is 17.8 Å². The first-order valence-corrected chi connectivity index (χ1v) is 8.94. The molecule has 1 aliphatic rings. The second-order valence-electron chi connectivity index (χ2n) is 6.36. The lowest BCUT2D eigenvalue weighted by molar-refractivity contribution is -0.130. The Balaban J connectivity index is 1.92. The number of hydrogen-bond donors (Lipinski definition) is 0. The van der Waals surface area contributed by atoms with Crippen LogP contribution in [0.5, 0.6) is 5.75 Å². The van der Waals surface area contributed by atoms with Gasteiger partial charge in [-0.05, 0) is 29.8 Å². The summed E-state index contributed by atoms with van der Waals surface area (Å²) >= 11 is 5.81. The van der Waals surface area contributed by atoms with Gasteiger partial charge in [0.2, 0.25) is 0 Å². The summed E-state index contributed by atoms with van der Waals surface area (Å²) < 4.78 is 5.30. The smallest absolute Gasteiger partial charge is 0.258 e. The van der Waals surface area contributed by atoms with Gasteiger partial charge in [0.25, 0.3) is 5.91 Å². The Morgan fingerprint density at radius 2 is 2.00 bits per heavy atom. The Morgan fingerprint density at radius 1 is 1.27 bits per heavy atom. The van der Waals surface area contributed by atoms with Crippen LogP contribution in [0.25, 0.3) is 0 Å². The lowest BCUT2D eigenvalue weighted by Crippen LogP contribution is -2.28. The summed E-state index contributed by atoms with van der Waals surface area (Å²) in [7, 11) is 5.63. The molecular formula is C20H22ClN3O2. The summed E-state index contributed by atoms with van der Waals surface area (Å²) in [5.41, 5.74) is 3.94. The Kier molecular flexibility index (Phi) is 5.47. The van der Waals surface area contributed by atoms with Crippen LogP contribution in [0.15, 0.2) is 53.6 Å². The maximum absolute atomic E-state index is 12.3. The lowest BCUT2D eigenvalue weighted by Gasteiger charge is -2.22. The molecule has 1 amide bonds. The molecule has 1 heterocycles. The molecule has 0 aromatic heterocycles. The van der Waals surface area contributed by atoms with E-state index in [2.05, 4.69) is 5.10 Å². The molecule has 1 unspecified atom stereocenters. The summed E-state index contributed by atoms with van der Waals surface area (Å²) in [6.45, 7) is 0. The zero-order valence-electron chi connectivity index (χ0n) is 15.1. The summed E-state index contributed by atoms with van der Waals surface area (Å²) in [5.74, 6) is 0.465. The maximum atomic E-state index is 12.3. The lowest BCUT2D eigenvalue weighted by atomic mass is 9.98. The Bertz CT molecular complexity index is 818. The van der Waals surface area contributed by atoms with Crippen LogP contribution in [0.3, 0.4) is 0 Å². The molecule has 0 saturated carbocycles. The summed E-state index contributed by atoms with van der Waals surface area (Å²) in [5, 5.41) is 6.08. The number of anilines is 1. The number of benzene rings is 2. The average Bonchev–Trinajstić information content (AvgIpc) is 3.13. The highest BCUT2D eigenvalue weighted by atomic mass is 35.5. The van der Waals surface area contributed by atoms with E-state index in [9.17, 15) is 4.79 Å². The first-order valence-electron chi connectivity index (χ1n) is 8.40. The summed E-state index contributed by atoms with van der Waals surface area (Å²) in [6, 6.07) is 15.7. The van der Waals surface area contributed by atoms with Gasteiger partial charge in [0.15, 0.2) is 0 Å². The van der Waals surface area contributed by atoms with Crippen molar-refractivity contribution >= 4 is 28.9 Å². The van der Waals surface area contributed by atoms with Gasteiger partial charge in [-0.25, -0.2) is 5.01 Å². The SMILES string of the molecule is COc1cccc(C2=NN(C(=O)CCl)C(c3ccc(N(C)C)cc3)C2)c1. The Morgan fingerprint density at radius 3 is 2.62 bits per heavy atom. The van der Waals surface area contributed by atoms with Crippen LogP contribution in [-0.4, -0.2) is 43.7 Å². The second kappa shape index (κ2) is 7.79. The number of methoxy groups -OCH3 is 1. The van der Waals surface area contributed by atoms with E-state index in [1.165, 1.54) is 5.01 Å². The number of rotatable bonds is 5. The van der Waals surface area contributed by atoms with E-state index in [1.54, 1.807) is 7.11 Å². The molecule has 26 heavy (non-hydrogen) atoms. The fourth-order valence-corrected chi connectivity index (χ4v) is 3.16. The fraction of sp³-hybridized carbons (Fsp3) is 0.300. The third-order valence-electron chi connectivity index (χ3n) is 4.48. The van der Waals surface area contributed by atoms with Crippen LogP contribution >= 0.6 is 11.6 Å². The molecule has 0 spiro atoms. The molecule has 136 valence electrons. The van der Waals surface area contributed by atoms with Crippen molar-refractivity contribution in [3.05, 3.63) is 59.7 Å². The highest BCUT2D eigenvalue weighted by molar-refractivity contribution is 6.27. The molecule has 5 nitrogen and oxygen atoms in total. The van der Waals surface area contributed by atoms with Crippen molar-refractivity contribution in [1.82, 2.24) is 5.01 Å². The van der Waals surface area contributed by atoms with Gasteiger partial charge in [-0.15, -0.1) is 11.6 Å². The molecule has 6 heteroatoms. The van der Waals surface area contributed by atoms with Crippen LogP contribution in [0, 0.1) is 0 Å². The Hall–Kier alpha value is -2.53. The number of hydrogen-bond acceptors (Lipinski definition) is 4. The van der Waals surface area contributed by atoms with E-state index in [0.717, 1.165) is 28.3 Å². The Labute approximate surface area is 158 Å². The predicted octanol–water partition coefficient (Wildman–Crippen LogP) is 3.68. The van der Waals surface area contributed by atoms with Crippen LogP contribution in [0.1, 0.15) is 23.6 Å². The largest absolute Gasteiger partial charge is 0.497 e. The van der Waals surface area contributed by atoms with Gasteiger partial charge >= 0.3 is 0 Å². The van der Waals surface area contributed by atoms with Crippen molar-refractivity contribution in [2.75, 3.05) is 32.0 Å². The van der Waals surface area contributed by atoms with E-state index in [1.807, 2.05) is 67.5 Å². The highest BCUT2D eigenvalue weighted by Gasteiger charge is 2.32. The minimum Gasteiger partial charge on any atom is -0.497 e. The number of halogens is 1. The van der Waals surface area contributed by atoms with Crippen LogP contribution in [0.2, 0.25) is 0 Å². The fourth-order valence-electron chi connectivity index (χ4n) is 3.03. The topological polar surface area (TPSA) is 45.1 Å². The molecule has 0 aliphatic carbocycles. The van der Waals surface area contributed by atoms with Gasteiger partial charge in [0.1, 0.15) is 11.6 Å². The standard InChI is InChI=1S/C20H22ClN3O2/c1-23(2)16-9-7-14(8-10-16)19-12-18(22-24(19)20(25)13-21)15-5-4-6-17(11-15)26-3/h4-11,19H,12-13H2,1-3H3. The number of carbonyl (C=O) groups is 1. The summed E-state index contributed by atoms with van der Waals surface area (Å²) in [4.78, 5) is 14.4. The van der Waals surface area contributed by atoms with Crippen molar-refractivity contribution in [3.63, 3.8) is 0 Å². The number of ether oxygens (including phenoxy) is 1. The van der Waals surface area contributed by atoms with Gasteiger partial charge in [-0.2, -0.15) is 5.10 Å². The normalized spacial score (nSPS) is 16.4. The molecule has 0 bridgehead atoms. The molecular weight excluding hydrogens is 350 g/mol. The van der Waals surface area contributed by atoms with Crippen LogP contribution in [-0.2, 0) is 4.79 Å². The first kappa shape index (κ1) is 18.3. The molecule has 1 aliphatic heterocycles. The van der Waals surface area contributed by atoms with Gasteiger partial charge in [0, 0.05) is 31.8 Å². The molecule has 2 aromatic carbocycles. The quantitative estimate of drug-likeness (QED) is 0.753. The molecule has 1 atom stereocenters. The molecule has 0 N–H and O–H groups in total. The first-order chi connectivity index (χ1) is 12.5. The van der Waals surface area contributed by atoms with E-state index < -0.39 is 0 Å². The third-order valence-corrected chi connectivity index (χ3v) is 4.71. The van der Waals surface area contributed by atoms with Crippen molar-refractivity contribution in [2.45, 2.75) is 12.5 Å². The number of alkyl halides is 1. The number of nitrogens with zero attached hydrogens (tertiary/aromatic N) is 3. The molecule has 0 saturated heterocycles. The molecule has 3 rings (SSSR count). The zero-order valence-corrected chi connectivity index (χ0v) is 15.9. The summed E-state index contributed by atoms with van der Waals surface area (Å²) in [6.07, 6.45) is 0.636. The van der Waals surface area contributed by atoms with Gasteiger partial charge < -0.3 is 9.64 Å². The predicted molar refractivity (Wildman–Crippen MR) is 105 cm³/mol. The van der Waals surface area contributed by atoms with Crippen molar-refractivity contribution in [1.29, 1.82) is 0 Å². The van der Waals surface area contributed by atoms with Gasteiger partial charge in [0.05, 0.1) is 18.9 Å². The number of amides is 1. The minimum atomic E-state index is -0.203. The van der Waals surface area contributed by atoms with E-state index in [4.69, 9.17) is 16.3 Å². The molecule has 0 radical (unpaired) electrons.